The van der Waals surface area contributed by atoms with Crippen molar-refractivity contribution in [2.24, 2.45) is 5.92 Å². The molecule has 1 aliphatic rings. The van der Waals surface area contributed by atoms with E-state index in [1.807, 2.05) is 12.1 Å². The summed E-state index contributed by atoms with van der Waals surface area (Å²) in [7, 11) is 1.62. The van der Waals surface area contributed by atoms with Gasteiger partial charge in [-0.05, 0) is 48.2 Å². The second kappa shape index (κ2) is 8.28. The summed E-state index contributed by atoms with van der Waals surface area (Å²) in [5.74, 6) is 1.15. The first-order valence-corrected chi connectivity index (χ1v) is 9.81. The van der Waals surface area contributed by atoms with Gasteiger partial charge in [-0.25, -0.2) is 14.4 Å². The number of fused-ring (bicyclic) bond motifs is 1. The molecular formula is C22H20ClFN4O2. The van der Waals surface area contributed by atoms with Crippen LogP contribution < -0.4 is 10.1 Å². The highest BCUT2D eigenvalue weighted by atomic mass is 35.5. The van der Waals surface area contributed by atoms with Crippen molar-refractivity contribution >= 4 is 39.9 Å². The van der Waals surface area contributed by atoms with E-state index >= 15 is 0 Å². The lowest BCUT2D eigenvalue weighted by molar-refractivity contribution is -0.132. The summed E-state index contributed by atoms with van der Waals surface area (Å²) in [6, 6.07) is 8.28. The SMILES string of the molecule is C=CC(=O)N1CC(Cc2cc3c(Nc4ccc(F)c(Cl)c4)ncnc3cc2OC)C1. The molecule has 1 aromatic heterocycles. The normalized spacial score (nSPS) is 13.8. The fourth-order valence-electron chi connectivity index (χ4n) is 3.61. The Morgan fingerprint density at radius 1 is 1.37 bits per heavy atom. The molecule has 0 spiro atoms. The zero-order chi connectivity index (χ0) is 21.3. The number of methoxy groups -OCH3 is 1. The molecule has 4 rings (SSSR count). The van der Waals surface area contributed by atoms with E-state index in [0.717, 1.165) is 28.6 Å². The highest BCUT2D eigenvalue weighted by molar-refractivity contribution is 6.31. The van der Waals surface area contributed by atoms with Crippen LogP contribution in [-0.4, -0.2) is 41.0 Å². The first-order chi connectivity index (χ1) is 14.5. The molecule has 2 heterocycles. The molecule has 2 aromatic carbocycles. The lowest BCUT2D eigenvalue weighted by Gasteiger charge is -2.39. The number of carbonyl (C=O) groups excluding carboxylic acids is 1. The van der Waals surface area contributed by atoms with Crippen LogP contribution in [-0.2, 0) is 11.2 Å². The summed E-state index contributed by atoms with van der Waals surface area (Å²) in [6.45, 7) is 4.91. The van der Waals surface area contributed by atoms with Gasteiger partial charge in [-0.2, -0.15) is 0 Å². The molecule has 1 amide bonds. The molecule has 1 N–H and O–H groups in total. The van der Waals surface area contributed by atoms with Gasteiger partial charge in [0.25, 0.3) is 0 Å². The molecule has 0 unspecified atom stereocenters. The molecule has 3 aromatic rings. The molecule has 1 fully saturated rings. The van der Waals surface area contributed by atoms with Gasteiger partial charge in [-0.1, -0.05) is 18.2 Å². The average Bonchev–Trinajstić information content (AvgIpc) is 2.72. The third kappa shape index (κ3) is 3.93. The number of nitrogens with one attached hydrogen (secondary N) is 1. The number of halogens is 2. The van der Waals surface area contributed by atoms with Crippen molar-refractivity contribution in [1.82, 2.24) is 14.9 Å². The van der Waals surface area contributed by atoms with Crippen LogP contribution in [0.4, 0.5) is 15.9 Å². The van der Waals surface area contributed by atoms with E-state index in [1.165, 1.54) is 24.5 Å². The van der Waals surface area contributed by atoms with E-state index in [1.54, 1.807) is 18.1 Å². The summed E-state index contributed by atoms with van der Waals surface area (Å²) in [5, 5.41) is 4.03. The van der Waals surface area contributed by atoms with Crippen LogP contribution in [0.1, 0.15) is 5.56 Å². The van der Waals surface area contributed by atoms with E-state index in [4.69, 9.17) is 16.3 Å². The minimum atomic E-state index is -0.480. The smallest absolute Gasteiger partial charge is 0.245 e. The molecule has 1 saturated heterocycles. The van der Waals surface area contributed by atoms with Crippen molar-refractivity contribution in [3.63, 3.8) is 0 Å². The fraction of sp³-hybridized carbons (Fsp3) is 0.227. The zero-order valence-corrected chi connectivity index (χ0v) is 17.1. The number of hydrogen-bond acceptors (Lipinski definition) is 5. The monoisotopic (exact) mass is 426 g/mol. The Labute approximate surface area is 178 Å². The van der Waals surface area contributed by atoms with Crippen molar-refractivity contribution in [2.75, 3.05) is 25.5 Å². The Hall–Kier alpha value is -3.19. The highest BCUT2D eigenvalue weighted by Gasteiger charge is 2.30. The van der Waals surface area contributed by atoms with E-state index in [2.05, 4.69) is 21.9 Å². The summed E-state index contributed by atoms with van der Waals surface area (Å²) in [6.07, 6.45) is 3.56. The van der Waals surface area contributed by atoms with Crippen LogP contribution in [0.5, 0.6) is 5.75 Å². The molecule has 0 aliphatic carbocycles. The minimum Gasteiger partial charge on any atom is -0.496 e. The number of amides is 1. The van der Waals surface area contributed by atoms with Crippen molar-refractivity contribution in [3.8, 4) is 5.75 Å². The Bertz CT molecular complexity index is 1130. The first kappa shape index (κ1) is 20.1. The van der Waals surface area contributed by atoms with Crippen LogP contribution in [0, 0.1) is 11.7 Å². The molecule has 8 heteroatoms. The molecule has 0 radical (unpaired) electrons. The highest BCUT2D eigenvalue weighted by Crippen LogP contribution is 2.33. The van der Waals surface area contributed by atoms with Crippen LogP contribution in [0.25, 0.3) is 10.9 Å². The van der Waals surface area contributed by atoms with Gasteiger partial charge in [0.05, 0.1) is 17.6 Å². The predicted molar refractivity (Wildman–Crippen MR) is 115 cm³/mol. The maximum Gasteiger partial charge on any atom is 0.245 e. The second-order valence-electron chi connectivity index (χ2n) is 7.17. The fourth-order valence-corrected chi connectivity index (χ4v) is 3.79. The van der Waals surface area contributed by atoms with Crippen LogP contribution >= 0.6 is 11.6 Å². The van der Waals surface area contributed by atoms with Crippen molar-refractivity contribution < 1.29 is 13.9 Å². The number of rotatable bonds is 6. The molecule has 0 atom stereocenters. The topological polar surface area (TPSA) is 67.4 Å². The van der Waals surface area contributed by atoms with Crippen LogP contribution in [0.2, 0.25) is 5.02 Å². The van der Waals surface area contributed by atoms with Gasteiger partial charge in [-0.3, -0.25) is 4.79 Å². The lowest BCUT2D eigenvalue weighted by atomic mass is 9.91. The van der Waals surface area contributed by atoms with Gasteiger partial charge >= 0.3 is 0 Å². The van der Waals surface area contributed by atoms with Gasteiger partial charge in [0.1, 0.15) is 23.7 Å². The molecule has 0 bridgehead atoms. The summed E-state index contributed by atoms with van der Waals surface area (Å²) in [5.41, 5.74) is 2.35. The van der Waals surface area contributed by atoms with Crippen molar-refractivity contribution in [2.45, 2.75) is 6.42 Å². The van der Waals surface area contributed by atoms with E-state index < -0.39 is 5.82 Å². The molecule has 154 valence electrons. The zero-order valence-electron chi connectivity index (χ0n) is 16.4. The first-order valence-electron chi connectivity index (χ1n) is 9.43. The summed E-state index contributed by atoms with van der Waals surface area (Å²) in [4.78, 5) is 22.1. The van der Waals surface area contributed by atoms with Gasteiger partial charge in [-0.15, -0.1) is 0 Å². The number of anilines is 2. The van der Waals surface area contributed by atoms with Gasteiger partial charge < -0.3 is 15.0 Å². The maximum absolute atomic E-state index is 13.5. The van der Waals surface area contributed by atoms with Crippen molar-refractivity contribution in [1.29, 1.82) is 0 Å². The molecule has 0 saturated carbocycles. The van der Waals surface area contributed by atoms with Gasteiger partial charge in [0.2, 0.25) is 5.91 Å². The van der Waals surface area contributed by atoms with Crippen LogP contribution in [0.15, 0.2) is 49.3 Å². The average molecular weight is 427 g/mol. The van der Waals surface area contributed by atoms with Gasteiger partial charge in [0, 0.05) is 30.2 Å². The Morgan fingerprint density at radius 3 is 2.87 bits per heavy atom. The number of benzene rings is 2. The quantitative estimate of drug-likeness (QED) is 0.593. The number of aromatic nitrogens is 2. The standard InChI is InChI=1S/C22H20ClFN4O2/c1-3-21(29)28-10-13(11-28)6-14-7-16-19(9-20(14)30-2)25-12-26-22(16)27-15-4-5-18(24)17(23)8-15/h3-5,7-9,12-13H,1,6,10-11H2,2H3,(H,25,26,27). The minimum absolute atomic E-state index is 0.0318. The van der Waals surface area contributed by atoms with Gasteiger partial charge in [0.15, 0.2) is 0 Å². The number of likely N-dealkylation sites (tertiary alicyclic amines) is 1. The van der Waals surface area contributed by atoms with E-state index in [0.29, 0.717) is 30.5 Å². The molecule has 1 aliphatic heterocycles. The Morgan fingerprint density at radius 2 is 2.17 bits per heavy atom. The Balaban J connectivity index is 1.63. The van der Waals surface area contributed by atoms with Crippen LogP contribution in [0.3, 0.4) is 0 Å². The number of carbonyl (C=O) groups is 1. The number of hydrogen-bond donors (Lipinski definition) is 1. The summed E-state index contributed by atoms with van der Waals surface area (Å²) < 4.78 is 19.0. The molecular weight excluding hydrogens is 407 g/mol. The largest absolute Gasteiger partial charge is 0.496 e. The molecule has 30 heavy (non-hydrogen) atoms. The second-order valence-corrected chi connectivity index (χ2v) is 7.58. The predicted octanol–water partition coefficient (Wildman–Crippen LogP) is 4.36. The Kier molecular flexibility index (Phi) is 5.55. The lowest BCUT2D eigenvalue weighted by Crippen LogP contribution is -2.50. The van der Waals surface area contributed by atoms with Crippen molar-refractivity contribution in [3.05, 3.63) is 65.7 Å². The van der Waals surface area contributed by atoms with E-state index in [-0.39, 0.29) is 10.9 Å². The van der Waals surface area contributed by atoms with E-state index in [9.17, 15) is 9.18 Å². The summed E-state index contributed by atoms with van der Waals surface area (Å²) >= 11 is 5.89. The molecule has 6 nitrogen and oxygen atoms in total. The maximum atomic E-state index is 13.5. The third-order valence-electron chi connectivity index (χ3n) is 5.17. The number of nitrogens with zero attached hydrogens (tertiary/aromatic N) is 3. The number of ether oxygens (including phenoxy) is 1. The third-order valence-corrected chi connectivity index (χ3v) is 5.46.